The Hall–Kier alpha value is -4.70. The Balaban J connectivity index is 1.40. The van der Waals surface area contributed by atoms with Gasteiger partial charge in [0.1, 0.15) is 30.0 Å². The van der Waals surface area contributed by atoms with Gasteiger partial charge >= 0.3 is 17.9 Å². The van der Waals surface area contributed by atoms with Crippen LogP contribution in [0.5, 0.6) is 0 Å². The maximum absolute atomic E-state index is 15.4. The molecule has 0 spiro atoms. The van der Waals surface area contributed by atoms with Crippen LogP contribution in [0.25, 0.3) is 0 Å². The molecule has 4 aliphatic rings. The molecule has 4 N–H and O–H groups in total. The van der Waals surface area contributed by atoms with Gasteiger partial charge in [-0.1, -0.05) is 115 Å². The summed E-state index contributed by atoms with van der Waals surface area (Å²) < 4.78 is 32.6. The number of aliphatic hydroxyl groups is 3. The van der Waals surface area contributed by atoms with Crippen molar-refractivity contribution < 1.29 is 57.9 Å². The first kappa shape index (κ1) is 49.2. The third-order valence-electron chi connectivity index (χ3n) is 16.1. The summed E-state index contributed by atoms with van der Waals surface area (Å²) in [5, 5.41) is 42.1. The predicted molar refractivity (Wildman–Crippen MR) is 248 cm³/mol. The van der Waals surface area contributed by atoms with Gasteiger partial charge < -0.3 is 44.0 Å². The number of amides is 1. The summed E-state index contributed by atoms with van der Waals surface area (Å²) in [4.78, 5) is 56.9. The van der Waals surface area contributed by atoms with Crippen LogP contribution in [0.4, 0.5) is 0 Å². The van der Waals surface area contributed by atoms with Gasteiger partial charge in [-0.3, -0.25) is 9.59 Å². The smallest absolute Gasteiger partial charge is 0.338 e. The van der Waals surface area contributed by atoms with Crippen molar-refractivity contribution in [2.45, 2.75) is 147 Å². The van der Waals surface area contributed by atoms with Crippen molar-refractivity contribution in [3.8, 4) is 0 Å². The molecule has 3 aliphatic carbocycles. The third kappa shape index (κ3) is 8.25. The van der Waals surface area contributed by atoms with Gasteiger partial charge in [0.25, 0.3) is 5.91 Å². The number of aliphatic hydroxyl groups excluding tert-OH is 2. The zero-order chi connectivity index (χ0) is 48.4. The van der Waals surface area contributed by atoms with E-state index in [4.69, 9.17) is 23.4 Å². The lowest BCUT2D eigenvalue weighted by Crippen LogP contribution is -2.81. The Morgan fingerprint density at radius 2 is 1.42 bits per heavy atom. The predicted octanol–water partition coefficient (Wildman–Crippen LogP) is 7.26. The van der Waals surface area contributed by atoms with Crippen LogP contribution in [0, 0.1) is 22.7 Å². The molecule has 12 atom stereocenters. The Bertz CT molecular complexity index is 2330. The number of hydrogen-bond acceptors (Lipinski definition) is 12. The van der Waals surface area contributed by atoms with E-state index in [9.17, 15) is 29.7 Å². The van der Waals surface area contributed by atoms with Crippen LogP contribution in [0.1, 0.15) is 107 Å². The van der Waals surface area contributed by atoms with E-state index in [-0.39, 0.29) is 24.2 Å². The molecule has 1 aliphatic heterocycles. The molecular formula is C52H67NO12Si. The number of hydrogen-bond donors (Lipinski definition) is 4. The molecule has 3 fully saturated rings. The average molecular weight is 926 g/mol. The van der Waals surface area contributed by atoms with Crippen molar-refractivity contribution in [1.82, 2.24) is 5.32 Å². The fourth-order valence-corrected chi connectivity index (χ4v) is 12.3. The molecule has 2 bridgehead atoms. The Labute approximate surface area is 389 Å². The van der Waals surface area contributed by atoms with Crippen molar-refractivity contribution in [1.29, 1.82) is 0 Å². The maximum Gasteiger partial charge on any atom is 0.338 e. The lowest BCUT2D eigenvalue weighted by molar-refractivity contribution is -0.358. The number of benzene rings is 3. The number of carbonyl (C=O) groups is 4. The standard InChI is InChI=1S/C52H67NO12Si/c1-30-27-37-51(29-61-37,64-32(3)54)42-44(63-46(58)35-25-19-14-20-26-35)52(60)28-36(31(2)38(49(52,7)8)40(55)43(56)50(30,42)9)62-47(59)41(65-66(10,11)48(4,5)6)39(33-21-15-12-16-22-33)53-45(57)34-23-17-13-18-24-34/h12-26,30,36-37,39-44,55-56,60H,27-29H2,1-11H3,(H,53,57)/t30-,36?,37+,39-,40-,41+,42-,43-,44-,50+,51-,52+/m0/s1. The first-order valence-electron chi connectivity index (χ1n) is 23.0. The molecule has 3 aromatic carbocycles. The first-order chi connectivity index (χ1) is 30.8. The van der Waals surface area contributed by atoms with Gasteiger partial charge in [-0.2, -0.15) is 0 Å². The van der Waals surface area contributed by atoms with Gasteiger partial charge in [-0.25, -0.2) is 9.59 Å². The number of fused-ring (bicyclic) bond motifs is 5. The molecule has 356 valence electrons. The highest BCUT2D eigenvalue weighted by atomic mass is 28.4. The van der Waals surface area contributed by atoms with Crippen LogP contribution in [0.15, 0.2) is 102 Å². The zero-order valence-electron chi connectivity index (χ0n) is 40.0. The van der Waals surface area contributed by atoms with E-state index in [1.54, 1.807) is 113 Å². The molecule has 1 heterocycles. The van der Waals surface area contributed by atoms with Crippen LogP contribution in [0.3, 0.4) is 0 Å². The summed E-state index contributed by atoms with van der Waals surface area (Å²) in [5.74, 6) is -4.28. The molecule has 1 amide bonds. The normalized spacial score (nSPS) is 32.4. The van der Waals surface area contributed by atoms with E-state index in [0.717, 1.165) is 0 Å². The Morgan fingerprint density at radius 1 is 0.864 bits per heavy atom. The number of nitrogens with one attached hydrogen (secondary N) is 1. The topological polar surface area (TPSA) is 187 Å². The Morgan fingerprint density at radius 3 is 1.95 bits per heavy atom. The van der Waals surface area contributed by atoms with Gasteiger partial charge in [-0.15, -0.1) is 0 Å². The van der Waals surface area contributed by atoms with E-state index in [1.165, 1.54) is 6.92 Å². The van der Waals surface area contributed by atoms with Crippen LogP contribution >= 0.6 is 0 Å². The Kier molecular flexibility index (Phi) is 13.2. The van der Waals surface area contributed by atoms with Crippen molar-refractivity contribution in [3.05, 3.63) is 119 Å². The molecule has 3 aromatic rings. The second-order valence-corrected chi connectivity index (χ2v) is 26.0. The minimum atomic E-state index is -2.86. The highest BCUT2D eigenvalue weighted by Crippen LogP contribution is 2.66. The number of carbonyl (C=O) groups excluding carboxylic acids is 4. The fourth-order valence-electron chi connectivity index (χ4n) is 11.1. The third-order valence-corrected chi connectivity index (χ3v) is 20.6. The summed E-state index contributed by atoms with van der Waals surface area (Å²) in [6, 6.07) is 24.9. The lowest BCUT2D eigenvalue weighted by Gasteiger charge is -2.69. The molecule has 0 aromatic heterocycles. The molecular weight excluding hydrogens is 859 g/mol. The lowest BCUT2D eigenvalue weighted by atomic mass is 9.43. The molecule has 0 radical (unpaired) electrons. The van der Waals surface area contributed by atoms with E-state index in [2.05, 4.69) is 5.32 Å². The van der Waals surface area contributed by atoms with Crippen molar-refractivity contribution in [2.24, 2.45) is 22.7 Å². The van der Waals surface area contributed by atoms with Gasteiger partial charge in [-0.05, 0) is 78.4 Å². The quantitative estimate of drug-likeness (QED) is 0.0654. The first-order valence-corrected chi connectivity index (χ1v) is 25.9. The SMILES string of the molecule is CC(=O)O[C@@]12CO[C@@H]1C[C@H](C)[C@]1(C)[C@@H]2[C@H](OC(=O)c2ccccc2)[C@]2(O)CC(OC(=O)[C@H](O[Si](C)(C)C(C)(C)C)[C@@H](NC(=O)c3ccccc3)c3ccccc3)C(C)=C([C@H](O)[C@@H]1O)C2(C)C. The van der Waals surface area contributed by atoms with Crippen LogP contribution in [0.2, 0.25) is 18.1 Å². The van der Waals surface area contributed by atoms with Crippen LogP contribution in [-0.4, -0.2) is 102 Å². The second-order valence-electron chi connectivity index (χ2n) is 21.2. The van der Waals surface area contributed by atoms with Crippen molar-refractivity contribution in [3.63, 3.8) is 0 Å². The molecule has 14 heteroatoms. The maximum atomic E-state index is 15.4. The average Bonchev–Trinajstić information content (AvgIpc) is 3.26. The molecule has 7 rings (SSSR count). The molecule has 66 heavy (non-hydrogen) atoms. The minimum Gasteiger partial charge on any atom is -0.456 e. The largest absolute Gasteiger partial charge is 0.456 e. The van der Waals surface area contributed by atoms with Crippen LogP contribution < -0.4 is 5.32 Å². The number of rotatable bonds is 11. The highest BCUT2D eigenvalue weighted by molar-refractivity contribution is 6.74. The molecule has 13 nitrogen and oxygen atoms in total. The highest BCUT2D eigenvalue weighted by Gasteiger charge is 2.77. The zero-order valence-corrected chi connectivity index (χ0v) is 41.0. The molecule has 2 saturated carbocycles. The van der Waals surface area contributed by atoms with Gasteiger partial charge in [0.05, 0.1) is 30.2 Å². The minimum absolute atomic E-state index is 0.120. The van der Waals surface area contributed by atoms with Crippen LogP contribution in [-0.2, 0) is 33.0 Å². The van der Waals surface area contributed by atoms with E-state index in [0.29, 0.717) is 23.1 Å². The van der Waals surface area contributed by atoms with E-state index in [1.807, 2.05) is 46.9 Å². The summed E-state index contributed by atoms with van der Waals surface area (Å²) in [7, 11) is -2.86. The van der Waals surface area contributed by atoms with E-state index < -0.39 is 114 Å². The summed E-state index contributed by atoms with van der Waals surface area (Å²) in [6.45, 7) is 20.0. The summed E-state index contributed by atoms with van der Waals surface area (Å²) >= 11 is 0. The number of ether oxygens (including phenoxy) is 4. The van der Waals surface area contributed by atoms with Gasteiger partial charge in [0, 0.05) is 29.7 Å². The van der Waals surface area contributed by atoms with Gasteiger partial charge in [0.2, 0.25) is 0 Å². The van der Waals surface area contributed by atoms with Gasteiger partial charge in [0.15, 0.2) is 20.0 Å². The monoisotopic (exact) mass is 925 g/mol. The molecule has 1 unspecified atom stereocenters. The second kappa shape index (κ2) is 17.7. The molecule has 1 saturated heterocycles. The van der Waals surface area contributed by atoms with Crippen molar-refractivity contribution in [2.75, 3.05) is 6.61 Å². The van der Waals surface area contributed by atoms with E-state index >= 15 is 4.79 Å². The van der Waals surface area contributed by atoms with Crippen molar-refractivity contribution >= 4 is 32.1 Å². The fraction of sp³-hybridized carbons (Fsp3) is 0.538. The number of esters is 3. The summed E-state index contributed by atoms with van der Waals surface area (Å²) in [5.41, 5.74) is -4.78. The summed E-state index contributed by atoms with van der Waals surface area (Å²) in [6.07, 6.45) is -8.17.